The van der Waals surface area contributed by atoms with Gasteiger partial charge in [0.05, 0.1) is 12.8 Å². The second kappa shape index (κ2) is 6.06. The third-order valence-electron chi connectivity index (χ3n) is 3.07. The van der Waals surface area contributed by atoms with Gasteiger partial charge >= 0.3 is 0 Å². The summed E-state index contributed by atoms with van der Waals surface area (Å²) in [6.45, 7) is 6.53. The fourth-order valence-electron chi connectivity index (χ4n) is 1.87. The van der Waals surface area contributed by atoms with E-state index < -0.39 is 0 Å². The molecular formula is C13H22N2O. The van der Waals surface area contributed by atoms with Gasteiger partial charge in [0.25, 0.3) is 0 Å². The Bertz CT molecular complexity index is 280. The van der Waals surface area contributed by atoms with Gasteiger partial charge in [-0.15, -0.1) is 0 Å². The highest BCUT2D eigenvalue weighted by atomic mass is 16.3. The summed E-state index contributed by atoms with van der Waals surface area (Å²) in [7, 11) is 0. The number of hydrogen-bond acceptors (Lipinski definition) is 3. The Morgan fingerprint density at radius 2 is 2.38 bits per heavy atom. The first-order valence-corrected chi connectivity index (χ1v) is 6.36. The molecule has 1 N–H and O–H groups in total. The minimum Gasteiger partial charge on any atom is -0.468 e. The summed E-state index contributed by atoms with van der Waals surface area (Å²) in [5.41, 5.74) is 0. The van der Waals surface area contributed by atoms with E-state index in [0.29, 0.717) is 0 Å². The van der Waals surface area contributed by atoms with Gasteiger partial charge in [-0.1, -0.05) is 6.92 Å². The first-order valence-electron chi connectivity index (χ1n) is 6.36. The number of nitrogens with zero attached hydrogens (tertiary/aromatic N) is 1. The summed E-state index contributed by atoms with van der Waals surface area (Å²) < 4.78 is 5.36. The van der Waals surface area contributed by atoms with E-state index in [1.165, 1.54) is 19.3 Å². The topological polar surface area (TPSA) is 28.4 Å². The van der Waals surface area contributed by atoms with Crippen molar-refractivity contribution in [1.29, 1.82) is 0 Å². The van der Waals surface area contributed by atoms with E-state index in [-0.39, 0.29) is 0 Å². The van der Waals surface area contributed by atoms with E-state index in [1.54, 1.807) is 6.26 Å². The number of furan rings is 1. The van der Waals surface area contributed by atoms with Crippen LogP contribution in [0.2, 0.25) is 0 Å². The molecule has 3 nitrogen and oxygen atoms in total. The van der Waals surface area contributed by atoms with Gasteiger partial charge in [0, 0.05) is 6.04 Å². The highest BCUT2D eigenvalue weighted by Gasteiger charge is 2.19. The minimum absolute atomic E-state index is 0.833. The number of nitrogens with one attached hydrogen (secondary N) is 1. The van der Waals surface area contributed by atoms with Gasteiger partial charge in [0.2, 0.25) is 0 Å². The molecule has 2 rings (SSSR count). The van der Waals surface area contributed by atoms with Crippen molar-refractivity contribution in [1.82, 2.24) is 10.2 Å². The lowest BCUT2D eigenvalue weighted by molar-refractivity contribution is 0.252. The molecular weight excluding hydrogens is 200 g/mol. The van der Waals surface area contributed by atoms with Crippen molar-refractivity contribution in [3.63, 3.8) is 0 Å². The Morgan fingerprint density at radius 3 is 3.00 bits per heavy atom. The molecule has 0 aliphatic heterocycles. The molecule has 3 heteroatoms. The van der Waals surface area contributed by atoms with E-state index in [9.17, 15) is 0 Å². The predicted molar refractivity (Wildman–Crippen MR) is 65.3 cm³/mol. The van der Waals surface area contributed by atoms with Crippen molar-refractivity contribution >= 4 is 0 Å². The second-order valence-electron chi connectivity index (χ2n) is 4.53. The molecule has 0 saturated heterocycles. The van der Waals surface area contributed by atoms with Crippen molar-refractivity contribution in [3.05, 3.63) is 24.2 Å². The van der Waals surface area contributed by atoms with Gasteiger partial charge in [-0.05, 0) is 51.0 Å². The summed E-state index contributed by atoms with van der Waals surface area (Å²) in [5.74, 6) is 1.07. The van der Waals surface area contributed by atoms with Crippen molar-refractivity contribution in [2.24, 2.45) is 0 Å². The van der Waals surface area contributed by atoms with E-state index in [4.69, 9.17) is 4.42 Å². The van der Waals surface area contributed by atoms with Gasteiger partial charge < -0.3 is 9.73 Å². The quantitative estimate of drug-likeness (QED) is 0.684. The molecule has 1 fully saturated rings. The summed E-state index contributed by atoms with van der Waals surface area (Å²) in [6.07, 6.45) is 5.73. The number of hydrogen-bond donors (Lipinski definition) is 1. The van der Waals surface area contributed by atoms with E-state index in [0.717, 1.165) is 38.0 Å². The third-order valence-corrected chi connectivity index (χ3v) is 3.07. The second-order valence-corrected chi connectivity index (χ2v) is 4.53. The normalized spacial score (nSPS) is 15.9. The van der Waals surface area contributed by atoms with Crippen molar-refractivity contribution in [2.75, 3.05) is 19.6 Å². The molecule has 0 bridgehead atoms. The van der Waals surface area contributed by atoms with Crippen LogP contribution in [0.25, 0.3) is 0 Å². The molecule has 1 saturated carbocycles. The molecule has 0 amide bonds. The van der Waals surface area contributed by atoms with Crippen LogP contribution in [0.15, 0.2) is 22.8 Å². The van der Waals surface area contributed by atoms with Crippen LogP contribution in [0, 0.1) is 0 Å². The highest BCUT2D eigenvalue weighted by Crippen LogP contribution is 2.18. The average Bonchev–Trinajstić information content (AvgIpc) is 2.99. The van der Waals surface area contributed by atoms with Crippen LogP contribution in [0.3, 0.4) is 0 Å². The van der Waals surface area contributed by atoms with E-state index in [2.05, 4.69) is 17.1 Å². The van der Waals surface area contributed by atoms with Gasteiger partial charge in [-0.3, -0.25) is 4.90 Å². The summed E-state index contributed by atoms with van der Waals surface area (Å²) >= 11 is 0. The molecule has 16 heavy (non-hydrogen) atoms. The molecule has 0 spiro atoms. The summed E-state index contributed by atoms with van der Waals surface area (Å²) in [4.78, 5) is 2.42. The predicted octanol–water partition coefficient (Wildman–Crippen LogP) is 2.24. The Kier molecular flexibility index (Phi) is 4.43. The molecule has 0 unspecified atom stereocenters. The lowest BCUT2D eigenvalue weighted by Gasteiger charge is -2.18. The maximum absolute atomic E-state index is 5.36. The monoisotopic (exact) mass is 222 g/mol. The molecule has 90 valence electrons. The standard InChI is InChI=1S/C13H22N2O/c1-2-15(11-13-5-3-10-16-13)9-4-8-14-12-6-7-12/h3,5,10,12,14H,2,4,6-9,11H2,1H3. The fourth-order valence-corrected chi connectivity index (χ4v) is 1.87. The van der Waals surface area contributed by atoms with Crippen LogP contribution in [0.1, 0.15) is 31.9 Å². The van der Waals surface area contributed by atoms with Crippen molar-refractivity contribution in [3.8, 4) is 0 Å². The van der Waals surface area contributed by atoms with Gasteiger partial charge in [-0.25, -0.2) is 0 Å². The van der Waals surface area contributed by atoms with E-state index in [1.807, 2.05) is 12.1 Å². The molecule has 1 aromatic rings. The maximum atomic E-state index is 5.36. The molecule has 0 atom stereocenters. The van der Waals surface area contributed by atoms with Gasteiger partial charge in [0.15, 0.2) is 0 Å². The molecule has 1 aromatic heterocycles. The summed E-state index contributed by atoms with van der Waals surface area (Å²) in [6, 6.07) is 4.84. The average molecular weight is 222 g/mol. The molecule has 0 aromatic carbocycles. The van der Waals surface area contributed by atoms with Crippen LogP contribution in [0.5, 0.6) is 0 Å². The molecule has 1 aliphatic carbocycles. The Hall–Kier alpha value is -0.800. The Balaban J connectivity index is 1.60. The van der Waals surface area contributed by atoms with Crippen LogP contribution in [-0.4, -0.2) is 30.6 Å². The first-order chi connectivity index (χ1) is 7.88. The largest absolute Gasteiger partial charge is 0.468 e. The lowest BCUT2D eigenvalue weighted by atomic mass is 10.3. The SMILES string of the molecule is CCN(CCCNC1CC1)Cc1ccco1. The Morgan fingerprint density at radius 1 is 1.50 bits per heavy atom. The smallest absolute Gasteiger partial charge is 0.117 e. The maximum Gasteiger partial charge on any atom is 0.117 e. The van der Waals surface area contributed by atoms with Crippen molar-refractivity contribution < 1.29 is 4.42 Å². The van der Waals surface area contributed by atoms with Gasteiger partial charge in [-0.2, -0.15) is 0 Å². The molecule has 1 heterocycles. The van der Waals surface area contributed by atoms with Crippen molar-refractivity contribution in [2.45, 2.75) is 38.8 Å². The first kappa shape index (κ1) is 11.7. The molecule has 0 radical (unpaired) electrons. The number of rotatable bonds is 8. The lowest BCUT2D eigenvalue weighted by Crippen LogP contribution is -2.27. The zero-order valence-electron chi connectivity index (χ0n) is 10.1. The van der Waals surface area contributed by atoms with Gasteiger partial charge in [0.1, 0.15) is 5.76 Å². The Labute approximate surface area is 97.8 Å². The van der Waals surface area contributed by atoms with Crippen LogP contribution < -0.4 is 5.32 Å². The van der Waals surface area contributed by atoms with Crippen LogP contribution in [-0.2, 0) is 6.54 Å². The fraction of sp³-hybridized carbons (Fsp3) is 0.692. The minimum atomic E-state index is 0.833. The van der Waals surface area contributed by atoms with E-state index >= 15 is 0 Å². The molecule has 1 aliphatic rings. The third kappa shape index (κ3) is 3.99. The zero-order valence-corrected chi connectivity index (χ0v) is 10.1. The zero-order chi connectivity index (χ0) is 11.2. The van der Waals surface area contributed by atoms with Crippen LogP contribution in [0.4, 0.5) is 0 Å². The summed E-state index contributed by atoms with van der Waals surface area (Å²) in [5, 5.41) is 3.54. The highest BCUT2D eigenvalue weighted by molar-refractivity contribution is 4.97. The van der Waals surface area contributed by atoms with Crippen LogP contribution >= 0.6 is 0 Å².